The van der Waals surface area contributed by atoms with Crippen LogP contribution in [-0.4, -0.2) is 53.1 Å². The molecule has 9 heteroatoms. The van der Waals surface area contributed by atoms with Crippen LogP contribution in [0.1, 0.15) is 16.8 Å². The number of aromatic nitrogens is 1. The fraction of sp³-hybridized carbons (Fsp3) is 0.278. The molecule has 1 aliphatic rings. The first-order valence-corrected chi connectivity index (χ1v) is 9.03. The highest BCUT2D eigenvalue weighted by Gasteiger charge is 2.26. The van der Waals surface area contributed by atoms with Crippen LogP contribution in [0.2, 0.25) is 10.0 Å². The lowest BCUT2D eigenvalue weighted by Crippen LogP contribution is -2.37. The van der Waals surface area contributed by atoms with E-state index in [1.165, 1.54) is 6.21 Å². The lowest BCUT2D eigenvalue weighted by Gasteiger charge is -2.27. The summed E-state index contributed by atoms with van der Waals surface area (Å²) in [6.07, 6.45) is 4.33. The quantitative estimate of drug-likeness (QED) is 0.518. The topological polar surface area (TPSA) is 112 Å². The molecule has 27 heavy (non-hydrogen) atoms. The molecule has 0 atom stereocenters. The molecule has 1 aliphatic heterocycles. The minimum absolute atomic E-state index is 0.0539. The highest BCUT2D eigenvalue weighted by Crippen LogP contribution is 2.39. The zero-order valence-corrected chi connectivity index (χ0v) is 15.8. The Kier molecular flexibility index (Phi) is 5.84. The fourth-order valence-corrected chi connectivity index (χ4v) is 3.61. The van der Waals surface area contributed by atoms with Gasteiger partial charge in [0.15, 0.2) is 0 Å². The molecule has 1 aromatic carbocycles. The maximum absolute atomic E-state index is 11.9. The van der Waals surface area contributed by atoms with E-state index in [0.717, 1.165) is 16.6 Å². The first-order chi connectivity index (χ1) is 13.0. The van der Waals surface area contributed by atoms with Gasteiger partial charge in [-0.15, -0.1) is 0 Å². The first kappa shape index (κ1) is 19.4. The van der Waals surface area contributed by atoms with Gasteiger partial charge in [-0.2, -0.15) is 0 Å². The van der Waals surface area contributed by atoms with Crippen molar-refractivity contribution in [1.82, 2.24) is 9.88 Å². The van der Waals surface area contributed by atoms with E-state index in [1.807, 2.05) is 0 Å². The van der Waals surface area contributed by atoms with E-state index >= 15 is 0 Å². The maximum atomic E-state index is 11.9. The van der Waals surface area contributed by atoms with Gasteiger partial charge >= 0.3 is 0 Å². The molecule has 2 heterocycles. The van der Waals surface area contributed by atoms with Crippen LogP contribution >= 0.6 is 23.2 Å². The fourth-order valence-electron chi connectivity index (χ4n) is 3.21. The molecule has 142 valence electrons. The van der Waals surface area contributed by atoms with Crippen LogP contribution in [0.25, 0.3) is 16.6 Å². The number of hydrogen-bond donors (Lipinski definition) is 3. The number of hydrogen-bond acceptors (Lipinski definition) is 5. The summed E-state index contributed by atoms with van der Waals surface area (Å²) in [5.74, 6) is -0.332. The third-order valence-corrected chi connectivity index (χ3v) is 5.27. The predicted octanol–water partition coefficient (Wildman–Crippen LogP) is 1.92. The number of nitrogens with zero attached hydrogens (tertiary/aromatic N) is 2. The molecule has 4 N–H and O–H groups in total. The normalized spacial score (nSPS) is 14.8. The number of nitrogens with two attached hydrogens (primary N) is 1. The minimum atomic E-state index is -0.535. The number of rotatable bonds is 5. The van der Waals surface area contributed by atoms with E-state index in [2.05, 4.69) is 9.98 Å². The van der Waals surface area contributed by atoms with Crippen molar-refractivity contribution in [2.24, 2.45) is 10.7 Å². The molecule has 0 spiro atoms. The van der Waals surface area contributed by atoms with Gasteiger partial charge in [-0.25, -0.2) is 0 Å². The maximum Gasteiger partial charge on any atom is 0.248 e. The molecular formula is C18H18Cl2N4O3. The molecule has 7 nitrogen and oxygen atoms in total. The molecule has 1 amide bonds. The number of aliphatic hydroxyl groups is 1. The van der Waals surface area contributed by atoms with Crippen molar-refractivity contribution >= 4 is 58.2 Å². The summed E-state index contributed by atoms with van der Waals surface area (Å²) in [6, 6.07) is 1.67. The highest BCUT2D eigenvalue weighted by molar-refractivity contribution is 6.45. The number of fused-ring (bicyclic) bond motifs is 3. The Morgan fingerprint density at radius 3 is 2.93 bits per heavy atom. The SMILES string of the molecule is N/C(=C\C=NCC=O)c1cc(Cl)c(Cl)c2[nH]c3c(c12)CN(C(=O)CO)CC3. The van der Waals surface area contributed by atoms with E-state index in [4.69, 9.17) is 34.0 Å². The van der Waals surface area contributed by atoms with Crippen molar-refractivity contribution < 1.29 is 14.7 Å². The molecular weight excluding hydrogens is 391 g/mol. The van der Waals surface area contributed by atoms with Crippen molar-refractivity contribution in [3.05, 3.63) is 39.0 Å². The third kappa shape index (κ3) is 3.71. The van der Waals surface area contributed by atoms with Crippen molar-refractivity contribution in [3.8, 4) is 0 Å². The summed E-state index contributed by atoms with van der Waals surface area (Å²) in [5.41, 5.74) is 9.79. The zero-order chi connectivity index (χ0) is 19.6. The lowest BCUT2D eigenvalue weighted by molar-refractivity contribution is -0.135. The molecule has 0 saturated carbocycles. The number of allylic oxidation sites excluding steroid dienone is 1. The third-order valence-electron chi connectivity index (χ3n) is 4.48. The van der Waals surface area contributed by atoms with Crippen LogP contribution in [0.15, 0.2) is 17.1 Å². The van der Waals surface area contributed by atoms with Gasteiger partial charge in [0, 0.05) is 53.6 Å². The van der Waals surface area contributed by atoms with E-state index in [9.17, 15) is 9.59 Å². The molecule has 0 saturated heterocycles. The van der Waals surface area contributed by atoms with Crippen LogP contribution in [0.4, 0.5) is 0 Å². The number of aliphatic imine (C=N–C) groups is 1. The van der Waals surface area contributed by atoms with Gasteiger partial charge in [-0.3, -0.25) is 9.79 Å². The molecule has 0 unspecified atom stereocenters. The van der Waals surface area contributed by atoms with Gasteiger partial charge in [0.25, 0.3) is 0 Å². The Labute approximate surface area is 165 Å². The summed E-state index contributed by atoms with van der Waals surface area (Å²) in [5, 5.41) is 10.7. The van der Waals surface area contributed by atoms with E-state index < -0.39 is 6.61 Å². The number of aldehydes is 1. The molecule has 3 rings (SSSR count). The second kappa shape index (κ2) is 8.12. The van der Waals surface area contributed by atoms with Crippen LogP contribution in [-0.2, 0) is 22.6 Å². The van der Waals surface area contributed by atoms with Crippen LogP contribution < -0.4 is 5.73 Å². The number of halogens is 2. The Morgan fingerprint density at radius 2 is 2.22 bits per heavy atom. The van der Waals surface area contributed by atoms with E-state index in [0.29, 0.717) is 52.6 Å². The number of carbonyl (C=O) groups is 2. The van der Waals surface area contributed by atoms with Crippen molar-refractivity contribution in [2.45, 2.75) is 13.0 Å². The van der Waals surface area contributed by atoms with Crippen LogP contribution in [0.5, 0.6) is 0 Å². The number of benzene rings is 1. The average Bonchev–Trinajstić information content (AvgIpc) is 3.06. The first-order valence-electron chi connectivity index (χ1n) is 8.27. The Hall–Kier alpha value is -2.35. The van der Waals surface area contributed by atoms with Gasteiger partial charge in [-0.1, -0.05) is 23.2 Å². The van der Waals surface area contributed by atoms with Crippen LogP contribution in [0.3, 0.4) is 0 Å². The number of carbonyl (C=O) groups excluding carboxylic acids is 2. The molecule has 0 aliphatic carbocycles. The number of aromatic amines is 1. The van der Waals surface area contributed by atoms with Gasteiger partial charge in [0.2, 0.25) is 5.91 Å². The van der Waals surface area contributed by atoms with Gasteiger partial charge in [-0.05, 0) is 12.1 Å². The Morgan fingerprint density at radius 1 is 1.44 bits per heavy atom. The van der Waals surface area contributed by atoms with Crippen molar-refractivity contribution in [2.75, 3.05) is 19.7 Å². The predicted molar refractivity (Wildman–Crippen MR) is 106 cm³/mol. The number of aliphatic hydroxyl groups excluding tert-OH is 1. The number of amides is 1. The van der Waals surface area contributed by atoms with E-state index in [1.54, 1.807) is 17.0 Å². The Bertz CT molecular complexity index is 965. The molecule has 1 aromatic heterocycles. The van der Waals surface area contributed by atoms with Gasteiger partial charge in [0.05, 0.1) is 22.1 Å². The van der Waals surface area contributed by atoms with Crippen molar-refractivity contribution in [3.63, 3.8) is 0 Å². The summed E-state index contributed by atoms with van der Waals surface area (Å²) in [4.78, 5) is 31.1. The monoisotopic (exact) mass is 408 g/mol. The second-order valence-corrected chi connectivity index (χ2v) is 6.86. The van der Waals surface area contributed by atoms with Gasteiger partial charge < -0.3 is 25.5 Å². The molecule has 0 radical (unpaired) electrons. The summed E-state index contributed by atoms with van der Waals surface area (Å²) >= 11 is 12.7. The van der Waals surface area contributed by atoms with Gasteiger partial charge in [0.1, 0.15) is 12.9 Å². The second-order valence-electron chi connectivity index (χ2n) is 6.08. The smallest absolute Gasteiger partial charge is 0.248 e. The highest BCUT2D eigenvalue weighted by atomic mass is 35.5. The average molecular weight is 409 g/mol. The van der Waals surface area contributed by atoms with Crippen molar-refractivity contribution in [1.29, 1.82) is 0 Å². The standard InChI is InChI=1S/C18H18Cl2N4O3/c19-12-7-10(13(21)1-3-22-4-6-25)16-11-8-24(15(27)9-26)5-2-14(11)23-18(16)17(12)20/h1,3,6-7,23,26H,2,4-5,8-9,21H2/b13-1-,22-3?. The minimum Gasteiger partial charge on any atom is -0.398 e. The van der Waals surface area contributed by atoms with E-state index in [-0.39, 0.29) is 12.5 Å². The summed E-state index contributed by atoms with van der Waals surface area (Å²) in [6.45, 7) is 0.362. The van der Waals surface area contributed by atoms with Crippen LogP contribution in [0, 0.1) is 0 Å². The molecule has 0 fully saturated rings. The number of H-pyrrole nitrogens is 1. The summed E-state index contributed by atoms with van der Waals surface area (Å²) < 4.78 is 0. The molecule has 2 aromatic rings. The molecule has 0 bridgehead atoms. The zero-order valence-electron chi connectivity index (χ0n) is 14.3. The Balaban J connectivity index is 2.14. The summed E-state index contributed by atoms with van der Waals surface area (Å²) in [7, 11) is 0. The lowest BCUT2D eigenvalue weighted by atomic mass is 9.99. The number of nitrogens with one attached hydrogen (secondary N) is 1. The largest absolute Gasteiger partial charge is 0.398 e.